The highest BCUT2D eigenvalue weighted by Crippen LogP contribution is 2.19. The van der Waals surface area contributed by atoms with Crippen molar-refractivity contribution in [3.63, 3.8) is 0 Å². The average Bonchev–Trinajstić information content (AvgIpc) is 3.06. The van der Waals surface area contributed by atoms with Gasteiger partial charge in [-0.2, -0.15) is 0 Å². The summed E-state index contributed by atoms with van der Waals surface area (Å²) in [5.74, 6) is 0.754. The maximum Gasteiger partial charge on any atom is 0.256 e. The van der Waals surface area contributed by atoms with E-state index >= 15 is 0 Å². The molecular formula is C14H14N4O. The molecule has 0 fully saturated rings. The van der Waals surface area contributed by atoms with Crippen LogP contribution < -0.4 is 0 Å². The Morgan fingerprint density at radius 3 is 2.95 bits per heavy atom. The highest BCUT2D eigenvalue weighted by molar-refractivity contribution is 6.06. The predicted molar refractivity (Wildman–Crippen MR) is 72.7 cm³/mol. The number of benzene rings is 1. The Balaban J connectivity index is 1.87. The number of amides is 1. The van der Waals surface area contributed by atoms with Crippen molar-refractivity contribution < 1.29 is 4.79 Å². The maximum absolute atomic E-state index is 12.4. The lowest BCUT2D eigenvalue weighted by atomic mass is 10.1. The van der Waals surface area contributed by atoms with Crippen LogP contribution in [0.1, 0.15) is 16.2 Å². The zero-order chi connectivity index (χ0) is 13.2. The number of hydrogen-bond acceptors (Lipinski definition) is 2. The Morgan fingerprint density at radius 1 is 1.32 bits per heavy atom. The summed E-state index contributed by atoms with van der Waals surface area (Å²) >= 11 is 0. The minimum Gasteiger partial charge on any atom is -0.360 e. The first-order valence-electron chi connectivity index (χ1n) is 6.05. The van der Waals surface area contributed by atoms with E-state index in [9.17, 15) is 4.79 Å². The minimum absolute atomic E-state index is 0.0196. The molecule has 2 aromatic heterocycles. The Labute approximate surface area is 110 Å². The zero-order valence-corrected chi connectivity index (χ0v) is 10.6. The molecular weight excluding hydrogens is 240 g/mol. The Kier molecular flexibility index (Phi) is 2.79. The topological polar surface area (TPSA) is 64.8 Å². The third-order valence-electron chi connectivity index (χ3n) is 3.11. The molecule has 0 saturated heterocycles. The maximum atomic E-state index is 12.4. The van der Waals surface area contributed by atoms with Gasteiger partial charge in [0.25, 0.3) is 5.91 Å². The molecule has 1 aromatic carbocycles. The molecule has 3 aromatic rings. The summed E-state index contributed by atoms with van der Waals surface area (Å²) < 4.78 is 0. The summed E-state index contributed by atoms with van der Waals surface area (Å²) in [6.07, 6.45) is 5.18. The van der Waals surface area contributed by atoms with Crippen LogP contribution in [0.25, 0.3) is 10.9 Å². The first-order valence-corrected chi connectivity index (χ1v) is 6.05. The van der Waals surface area contributed by atoms with E-state index in [4.69, 9.17) is 0 Å². The van der Waals surface area contributed by atoms with E-state index in [2.05, 4.69) is 15.0 Å². The number of carbonyl (C=O) groups excluding carboxylic acids is 1. The van der Waals surface area contributed by atoms with Gasteiger partial charge in [0.1, 0.15) is 5.82 Å². The largest absolute Gasteiger partial charge is 0.360 e. The van der Waals surface area contributed by atoms with Gasteiger partial charge in [0.15, 0.2) is 0 Å². The van der Waals surface area contributed by atoms with E-state index in [1.165, 1.54) is 0 Å². The van der Waals surface area contributed by atoms with Crippen LogP contribution in [-0.4, -0.2) is 32.8 Å². The van der Waals surface area contributed by atoms with Crippen molar-refractivity contribution in [3.05, 3.63) is 54.2 Å². The quantitative estimate of drug-likeness (QED) is 0.752. The molecule has 0 unspecified atom stereocenters. The van der Waals surface area contributed by atoms with Gasteiger partial charge in [0, 0.05) is 36.5 Å². The van der Waals surface area contributed by atoms with Crippen LogP contribution in [0.15, 0.2) is 42.9 Å². The van der Waals surface area contributed by atoms with Crippen molar-refractivity contribution in [1.29, 1.82) is 0 Å². The number of hydrogen-bond donors (Lipinski definition) is 2. The number of carbonyl (C=O) groups is 1. The van der Waals surface area contributed by atoms with Crippen molar-refractivity contribution in [2.24, 2.45) is 0 Å². The first kappa shape index (κ1) is 11.5. The van der Waals surface area contributed by atoms with Gasteiger partial charge in [-0.25, -0.2) is 4.98 Å². The minimum atomic E-state index is -0.0196. The smallest absolute Gasteiger partial charge is 0.256 e. The fraction of sp³-hybridized carbons (Fsp3) is 0.143. The highest BCUT2D eigenvalue weighted by atomic mass is 16.2. The summed E-state index contributed by atoms with van der Waals surface area (Å²) in [6.45, 7) is 0.464. The van der Waals surface area contributed by atoms with Gasteiger partial charge in [-0.1, -0.05) is 18.2 Å². The van der Waals surface area contributed by atoms with Crippen LogP contribution in [0.4, 0.5) is 0 Å². The molecule has 0 saturated carbocycles. The van der Waals surface area contributed by atoms with Gasteiger partial charge in [-0.15, -0.1) is 0 Å². The molecule has 0 aliphatic carbocycles. The zero-order valence-electron chi connectivity index (χ0n) is 10.6. The molecule has 0 atom stereocenters. The third kappa shape index (κ3) is 2.10. The number of fused-ring (bicyclic) bond motifs is 1. The van der Waals surface area contributed by atoms with Crippen molar-refractivity contribution in [2.75, 3.05) is 7.05 Å². The number of nitrogens with one attached hydrogen (secondary N) is 2. The number of aromatic amines is 2. The number of H-pyrrole nitrogens is 2. The van der Waals surface area contributed by atoms with Crippen molar-refractivity contribution in [1.82, 2.24) is 19.9 Å². The van der Waals surface area contributed by atoms with Crippen LogP contribution >= 0.6 is 0 Å². The van der Waals surface area contributed by atoms with E-state index in [1.807, 2.05) is 24.3 Å². The second-order valence-corrected chi connectivity index (χ2v) is 4.45. The number of aromatic nitrogens is 3. The Bertz CT molecular complexity index is 699. The fourth-order valence-corrected chi connectivity index (χ4v) is 2.13. The van der Waals surface area contributed by atoms with Crippen molar-refractivity contribution >= 4 is 16.8 Å². The van der Waals surface area contributed by atoms with Crippen molar-refractivity contribution in [3.8, 4) is 0 Å². The number of nitrogens with zero attached hydrogens (tertiary/aromatic N) is 2. The molecule has 2 N–H and O–H groups in total. The summed E-state index contributed by atoms with van der Waals surface area (Å²) in [6, 6.07) is 7.78. The second kappa shape index (κ2) is 4.61. The Morgan fingerprint density at radius 2 is 2.16 bits per heavy atom. The molecule has 5 nitrogen and oxygen atoms in total. The van der Waals surface area contributed by atoms with Gasteiger partial charge < -0.3 is 14.9 Å². The SMILES string of the molecule is CN(Cc1ncc[nH]1)C(=O)c1c[nH]c2ccccc12. The monoisotopic (exact) mass is 254 g/mol. The number of rotatable bonds is 3. The lowest BCUT2D eigenvalue weighted by Gasteiger charge is -2.15. The molecule has 0 spiro atoms. The molecule has 5 heteroatoms. The van der Waals surface area contributed by atoms with Gasteiger partial charge >= 0.3 is 0 Å². The number of para-hydroxylation sites is 1. The van der Waals surface area contributed by atoms with E-state index in [0.717, 1.165) is 16.7 Å². The van der Waals surface area contributed by atoms with Gasteiger partial charge in [0.05, 0.1) is 12.1 Å². The van der Waals surface area contributed by atoms with E-state index < -0.39 is 0 Å². The van der Waals surface area contributed by atoms with Gasteiger partial charge in [0.2, 0.25) is 0 Å². The van der Waals surface area contributed by atoms with Gasteiger partial charge in [-0.05, 0) is 6.07 Å². The molecule has 0 radical (unpaired) electrons. The third-order valence-corrected chi connectivity index (χ3v) is 3.11. The second-order valence-electron chi connectivity index (χ2n) is 4.45. The molecule has 0 aliphatic rings. The first-order chi connectivity index (χ1) is 9.25. The lowest BCUT2D eigenvalue weighted by Crippen LogP contribution is -2.26. The van der Waals surface area contributed by atoms with Gasteiger partial charge in [-0.3, -0.25) is 4.79 Å². The standard InChI is InChI=1S/C14H14N4O/c1-18(9-13-15-6-7-16-13)14(19)11-8-17-12-5-3-2-4-10(11)12/h2-8,17H,9H2,1H3,(H,15,16). The van der Waals surface area contributed by atoms with Crippen LogP contribution in [0.3, 0.4) is 0 Å². The predicted octanol–water partition coefficient (Wildman–Crippen LogP) is 2.16. The van der Waals surface area contributed by atoms with Crippen LogP contribution in [0.2, 0.25) is 0 Å². The molecule has 96 valence electrons. The van der Waals surface area contributed by atoms with Crippen LogP contribution in [0, 0.1) is 0 Å². The summed E-state index contributed by atoms with van der Waals surface area (Å²) in [4.78, 5) is 24.3. The van der Waals surface area contributed by atoms with Crippen LogP contribution in [0.5, 0.6) is 0 Å². The van der Waals surface area contributed by atoms with E-state index in [-0.39, 0.29) is 5.91 Å². The van der Waals surface area contributed by atoms with Crippen molar-refractivity contribution in [2.45, 2.75) is 6.54 Å². The molecule has 3 rings (SSSR count). The van der Waals surface area contributed by atoms with Crippen LogP contribution in [-0.2, 0) is 6.54 Å². The normalized spacial score (nSPS) is 10.8. The summed E-state index contributed by atoms with van der Waals surface area (Å²) in [5, 5.41) is 0.943. The summed E-state index contributed by atoms with van der Waals surface area (Å²) in [7, 11) is 1.77. The van der Waals surface area contributed by atoms with E-state index in [0.29, 0.717) is 12.1 Å². The molecule has 2 heterocycles. The molecule has 19 heavy (non-hydrogen) atoms. The summed E-state index contributed by atoms with van der Waals surface area (Å²) in [5.41, 5.74) is 1.65. The number of imidazole rings is 1. The molecule has 1 amide bonds. The molecule has 0 aliphatic heterocycles. The Hall–Kier alpha value is -2.56. The van der Waals surface area contributed by atoms with E-state index in [1.54, 1.807) is 30.5 Å². The lowest BCUT2D eigenvalue weighted by molar-refractivity contribution is 0.0784. The fourth-order valence-electron chi connectivity index (χ4n) is 2.13. The highest BCUT2D eigenvalue weighted by Gasteiger charge is 2.16. The average molecular weight is 254 g/mol. The molecule has 0 bridgehead atoms.